The van der Waals surface area contributed by atoms with E-state index in [1.165, 1.54) is 6.07 Å². The van der Waals surface area contributed by atoms with Crippen LogP contribution in [-0.2, 0) is 21.2 Å². The zero-order valence-electron chi connectivity index (χ0n) is 16.8. The number of aliphatic carboxylic acids is 1. The molecule has 186 valence electrons. The van der Waals surface area contributed by atoms with Crippen LogP contribution in [0.4, 0.5) is 32.0 Å². The van der Waals surface area contributed by atoms with Gasteiger partial charge in [0.25, 0.3) is 15.9 Å². The second-order valence-electron chi connectivity index (χ2n) is 6.62. The first-order chi connectivity index (χ1) is 15.6. The monoisotopic (exact) mass is 514 g/mol. The van der Waals surface area contributed by atoms with E-state index < -0.39 is 40.9 Å². The Kier molecular flexibility index (Phi) is 8.02. The number of carboxylic acids is 1. The largest absolute Gasteiger partial charge is 0.490 e. The van der Waals surface area contributed by atoms with Gasteiger partial charge in [0.05, 0.1) is 4.90 Å². The predicted octanol–water partition coefficient (Wildman–Crippen LogP) is 3.35. The summed E-state index contributed by atoms with van der Waals surface area (Å²) in [5, 5.41) is 10.2. The molecule has 0 aliphatic carbocycles. The number of hydrogen-bond donors (Lipinski definition) is 3. The van der Waals surface area contributed by atoms with Crippen LogP contribution in [0.25, 0.3) is 0 Å². The van der Waals surface area contributed by atoms with Crippen LogP contribution >= 0.6 is 0 Å². The molecule has 0 saturated heterocycles. The molecule has 1 heterocycles. The van der Waals surface area contributed by atoms with E-state index >= 15 is 0 Å². The molecule has 0 aromatic heterocycles. The highest BCUT2D eigenvalue weighted by Gasteiger charge is 2.38. The van der Waals surface area contributed by atoms with Crippen LogP contribution in [0.3, 0.4) is 0 Å². The molecule has 1 amide bonds. The van der Waals surface area contributed by atoms with Gasteiger partial charge in [-0.25, -0.2) is 17.9 Å². The SMILES string of the molecule is O=C(NS(=O)(=O)c1ccc(OCC(F)(F)F)cc1)c1cccc2c1CCN2.O=C(O)C(F)(F)F. The van der Waals surface area contributed by atoms with Crippen molar-refractivity contribution in [3.63, 3.8) is 0 Å². The first-order valence-electron chi connectivity index (χ1n) is 9.13. The summed E-state index contributed by atoms with van der Waals surface area (Å²) in [5.74, 6) is -3.66. The average Bonchev–Trinajstić information content (AvgIpc) is 3.20. The molecule has 0 spiro atoms. The van der Waals surface area contributed by atoms with Gasteiger partial charge in [0, 0.05) is 17.8 Å². The number of anilines is 1. The van der Waals surface area contributed by atoms with E-state index in [0.29, 0.717) is 13.0 Å². The Morgan fingerprint density at radius 3 is 2.15 bits per heavy atom. The summed E-state index contributed by atoms with van der Waals surface area (Å²) in [6, 6.07) is 9.30. The van der Waals surface area contributed by atoms with Crippen LogP contribution in [-0.4, -0.2) is 50.9 Å². The van der Waals surface area contributed by atoms with Gasteiger partial charge in [0.2, 0.25) is 0 Å². The van der Waals surface area contributed by atoms with Crippen LogP contribution in [0.5, 0.6) is 5.75 Å². The first kappa shape index (κ1) is 26.8. The van der Waals surface area contributed by atoms with E-state index in [2.05, 4.69) is 10.1 Å². The van der Waals surface area contributed by atoms with Gasteiger partial charge in [-0.05, 0) is 48.4 Å². The molecular weight excluding hydrogens is 498 g/mol. The highest BCUT2D eigenvalue weighted by atomic mass is 32.2. The quantitative estimate of drug-likeness (QED) is 0.524. The number of carbonyl (C=O) groups is 2. The van der Waals surface area contributed by atoms with E-state index in [9.17, 15) is 39.6 Å². The summed E-state index contributed by atoms with van der Waals surface area (Å²) in [7, 11) is -4.18. The number of alkyl halides is 6. The van der Waals surface area contributed by atoms with Crippen LogP contribution in [0, 0.1) is 0 Å². The summed E-state index contributed by atoms with van der Waals surface area (Å²) in [6.45, 7) is -0.825. The summed E-state index contributed by atoms with van der Waals surface area (Å²) < 4.78 is 99.4. The molecule has 2 aromatic carbocycles. The second-order valence-corrected chi connectivity index (χ2v) is 8.30. The first-order valence-corrected chi connectivity index (χ1v) is 10.6. The Morgan fingerprint density at radius 1 is 1.03 bits per heavy atom. The highest BCUT2D eigenvalue weighted by molar-refractivity contribution is 7.90. The number of ether oxygens (including phenoxy) is 1. The lowest BCUT2D eigenvalue weighted by atomic mass is 10.0. The van der Waals surface area contributed by atoms with Crippen molar-refractivity contribution in [2.45, 2.75) is 23.7 Å². The topological polar surface area (TPSA) is 122 Å². The Bertz CT molecular complexity index is 1150. The lowest BCUT2D eigenvalue weighted by Crippen LogP contribution is -2.31. The highest BCUT2D eigenvalue weighted by Crippen LogP contribution is 2.26. The number of nitrogens with one attached hydrogen (secondary N) is 2. The Morgan fingerprint density at radius 2 is 1.62 bits per heavy atom. The van der Waals surface area contributed by atoms with Crippen molar-refractivity contribution in [1.82, 2.24) is 4.72 Å². The third-order valence-corrected chi connectivity index (χ3v) is 5.46. The predicted molar refractivity (Wildman–Crippen MR) is 105 cm³/mol. The number of fused-ring (bicyclic) bond motifs is 1. The van der Waals surface area contributed by atoms with Gasteiger partial charge in [-0.2, -0.15) is 26.3 Å². The van der Waals surface area contributed by atoms with Crippen molar-refractivity contribution in [1.29, 1.82) is 0 Å². The van der Waals surface area contributed by atoms with E-state index in [1.54, 1.807) is 12.1 Å². The summed E-state index contributed by atoms with van der Waals surface area (Å²) in [4.78, 5) is 21.0. The van der Waals surface area contributed by atoms with Gasteiger partial charge in [-0.15, -0.1) is 0 Å². The maximum Gasteiger partial charge on any atom is 0.490 e. The smallest absolute Gasteiger partial charge is 0.484 e. The minimum Gasteiger partial charge on any atom is -0.484 e. The molecule has 1 aliphatic rings. The van der Waals surface area contributed by atoms with Crippen molar-refractivity contribution in [3.8, 4) is 5.75 Å². The van der Waals surface area contributed by atoms with Gasteiger partial charge >= 0.3 is 18.3 Å². The van der Waals surface area contributed by atoms with E-state index in [4.69, 9.17) is 9.90 Å². The lowest BCUT2D eigenvalue weighted by Gasteiger charge is -2.11. The fourth-order valence-corrected chi connectivity index (χ4v) is 3.64. The molecule has 34 heavy (non-hydrogen) atoms. The fraction of sp³-hybridized carbons (Fsp3) is 0.263. The molecule has 0 bridgehead atoms. The zero-order chi connectivity index (χ0) is 25.7. The van der Waals surface area contributed by atoms with Crippen LogP contribution in [0.2, 0.25) is 0 Å². The second kappa shape index (κ2) is 10.2. The van der Waals surface area contributed by atoms with Crippen LogP contribution in [0.1, 0.15) is 15.9 Å². The molecule has 15 heteroatoms. The number of sulfonamides is 1. The Balaban J connectivity index is 0.000000509. The average molecular weight is 514 g/mol. The molecule has 8 nitrogen and oxygen atoms in total. The van der Waals surface area contributed by atoms with Crippen molar-refractivity contribution in [3.05, 3.63) is 53.6 Å². The third-order valence-electron chi connectivity index (χ3n) is 4.12. The molecule has 0 saturated carbocycles. The third kappa shape index (κ3) is 7.54. The molecule has 2 aromatic rings. The Labute approximate surface area is 188 Å². The Hall–Kier alpha value is -3.49. The number of carboxylic acid groups (broad SMARTS) is 1. The fourth-order valence-electron chi connectivity index (χ4n) is 2.67. The van der Waals surface area contributed by atoms with Gasteiger partial charge in [0.15, 0.2) is 6.61 Å². The minimum absolute atomic E-state index is 0.135. The van der Waals surface area contributed by atoms with E-state index in [-0.39, 0.29) is 16.2 Å². The van der Waals surface area contributed by atoms with Gasteiger partial charge in [-0.3, -0.25) is 4.79 Å². The molecule has 0 fully saturated rings. The lowest BCUT2D eigenvalue weighted by molar-refractivity contribution is -0.192. The van der Waals surface area contributed by atoms with Crippen LogP contribution < -0.4 is 14.8 Å². The van der Waals surface area contributed by atoms with Crippen molar-refractivity contribution < 1.29 is 54.2 Å². The number of rotatable bonds is 5. The zero-order valence-corrected chi connectivity index (χ0v) is 17.6. The maximum atomic E-state index is 12.4. The normalized spacial score (nSPS) is 13.1. The molecule has 0 atom stereocenters. The number of carbonyl (C=O) groups excluding carboxylic acids is 1. The maximum absolute atomic E-state index is 12.4. The molecule has 3 N–H and O–H groups in total. The van der Waals surface area contributed by atoms with Gasteiger partial charge in [0.1, 0.15) is 5.75 Å². The minimum atomic E-state index is -5.08. The number of halogens is 6. The number of amides is 1. The standard InChI is InChI=1S/C17H15F3N2O4S.C2HF3O2/c18-17(19,20)10-26-11-4-6-12(7-5-11)27(24,25)22-16(23)14-2-1-3-15-13(14)8-9-21-15;3-2(4,5)1(6)7/h1-7,21H,8-10H2,(H,22,23);(H,6,7). The number of benzene rings is 2. The van der Waals surface area contributed by atoms with E-state index in [0.717, 1.165) is 35.5 Å². The van der Waals surface area contributed by atoms with Crippen molar-refractivity contribution in [2.24, 2.45) is 0 Å². The molecule has 1 aliphatic heterocycles. The van der Waals surface area contributed by atoms with Crippen molar-refractivity contribution >= 4 is 27.6 Å². The molecule has 0 unspecified atom stereocenters. The summed E-state index contributed by atoms with van der Waals surface area (Å²) in [5.41, 5.74) is 1.78. The number of hydrogen-bond acceptors (Lipinski definition) is 6. The van der Waals surface area contributed by atoms with Gasteiger partial charge in [-0.1, -0.05) is 6.07 Å². The molecule has 0 radical (unpaired) electrons. The van der Waals surface area contributed by atoms with E-state index in [1.807, 2.05) is 4.72 Å². The summed E-state index contributed by atoms with van der Waals surface area (Å²) in [6.07, 6.45) is -8.98. The summed E-state index contributed by atoms with van der Waals surface area (Å²) >= 11 is 0. The van der Waals surface area contributed by atoms with Gasteiger partial charge < -0.3 is 15.2 Å². The van der Waals surface area contributed by atoms with Crippen LogP contribution in [0.15, 0.2) is 47.4 Å². The molecule has 3 rings (SSSR count). The molecular formula is C19H16F6N2O6S. The van der Waals surface area contributed by atoms with Crippen molar-refractivity contribution in [2.75, 3.05) is 18.5 Å².